The minimum atomic E-state index is -0.124. The minimum absolute atomic E-state index is 0.0316. The smallest absolute Gasteiger partial charge is 0.260 e. The van der Waals surface area contributed by atoms with Crippen LogP contribution in [0.25, 0.3) is 0 Å². The van der Waals surface area contributed by atoms with Crippen LogP contribution in [0.4, 0.5) is 0 Å². The van der Waals surface area contributed by atoms with Gasteiger partial charge in [-0.3, -0.25) is 4.79 Å². The van der Waals surface area contributed by atoms with Crippen LogP contribution in [0.3, 0.4) is 0 Å². The van der Waals surface area contributed by atoms with Crippen LogP contribution in [-0.2, 0) is 11.3 Å². The molecule has 3 aromatic rings. The van der Waals surface area contributed by atoms with Crippen molar-refractivity contribution in [3.05, 3.63) is 78.8 Å². The van der Waals surface area contributed by atoms with Crippen molar-refractivity contribution in [2.45, 2.75) is 6.54 Å². The van der Waals surface area contributed by atoms with Gasteiger partial charge in [-0.1, -0.05) is 18.2 Å². The molecule has 0 bridgehead atoms. The molecule has 0 aliphatic rings. The van der Waals surface area contributed by atoms with Gasteiger partial charge in [-0.2, -0.15) is 0 Å². The SMILES string of the molecule is CN(Cc1ccco1)C(=O)COc1ccc(Oc2ccccc2)cc1. The molecule has 1 aromatic heterocycles. The Labute approximate surface area is 146 Å². The van der Waals surface area contributed by atoms with E-state index in [1.54, 1.807) is 48.5 Å². The van der Waals surface area contributed by atoms with Gasteiger partial charge in [-0.25, -0.2) is 0 Å². The second kappa shape index (κ2) is 8.06. The summed E-state index contributed by atoms with van der Waals surface area (Å²) in [4.78, 5) is 13.6. The average molecular weight is 337 g/mol. The number of likely N-dealkylation sites (N-methyl/N-ethyl adjacent to an activating group) is 1. The van der Waals surface area contributed by atoms with Crippen LogP contribution in [-0.4, -0.2) is 24.5 Å². The van der Waals surface area contributed by atoms with Crippen LogP contribution < -0.4 is 9.47 Å². The normalized spacial score (nSPS) is 10.3. The monoisotopic (exact) mass is 337 g/mol. The number of para-hydroxylation sites is 1. The fourth-order valence-electron chi connectivity index (χ4n) is 2.21. The minimum Gasteiger partial charge on any atom is -0.484 e. The summed E-state index contributed by atoms with van der Waals surface area (Å²) in [5.74, 6) is 2.70. The summed E-state index contributed by atoms with van der Waals surface area (Å²) in [6, 6.07) is 20.3. The van der Waals surface area contributed by atoms with E-state index in [-0.39, 0.29) is 12.5 Å². The number of rotatable bonds is 7. The van der Waals surface area contributed by atoms with Gasteiger partial charge in [0, 0.05) is 7.05 Å². The van der Waals surface area contributed by atoms with Gasteiger partial charge in [0.25, 0.3) is 5.91 Å². The van der Waals surface area contributed by atoms with E-state index in [4.69, 9.17) is 13.9 Å². The first-order chi connectivity index (χ1) is 12.2. The molecule has 0 aliphatic heterocycles. The quantitative estimate of drug-likeness (QED) is 0.651. The van der Waals surface area contributed by atoms with E-state index in [1.807, 2.05) is 36.4 Å². The maximum atomic E-state index is 12.1. The first-order valence-corrected chi connectivity index (χ1v) is 7.93. The molecule has 0 atom stereocenters. The number of nitrogens with zero attached hydrogens (tertiary/aromatic N) is 1. The van der Waals surface area contributed by atoms with Crippen LogP contribution in [0.1, 0.15) is 5.76 Å². The highest BCUT2D eigenvalue weighted by molar-refractivity contribution is 5.77. The largest absolute Gasteiger partial charge is 0.484 e. The average Bonchev–Trinajstić information content (AvgIpc) is 3.14. The first kappa shape index (κ1) is 16.6. The third kappa shape index (κ3) is 4.88. The van der Waals surface area contributed by atoms with Gasteiger partial charge in [-0.05, 0) is 48.5 Å². The lowest BCUT2D eigenvalue weighted by Crippen LogP contribution is -2.30. The van der Waals surface area contributed by atoms with Crippen molar-refractivity contribution in [1.29, 1.82) is 0 Å². The molecule has 0 saturated heterocycles. The maximum Gasteiger partial charge on any atom is 0.260 e. The zero-order valence-electron chi connectivity index (χ0n) is 13.9. The van der Waals surface area contributed by atoms with Gasteiger partial charge in [-0.15, -0.1) is 0 Å². The molecule has 128 valence electrons. The molecule has 0 N–H and O–H groups in total. The summed E-state index contributed by atoms with van der Waals surface area (Å²) in [7, 11) is 1.71. The number of amides is 1. The van der Waals surface area contributed by atoms with Gasteiger partial charge >= 0.3 is 0 Å². The Morgan fingerprint density at radius 3 is 2.28 bits per heavy atom. The molecule has 1 amide bonds. The van der Waals surface area contributed by atoms with Gasteiger partial charge < -0.3 is 18.8 Å². The van der Waals surface area contributed by atoms with Crippen LogP contribution in [0.2, 0.25) is 0 Å². The van der Waals surface area contributed by atoms with Gasteiger partial charge in [0.05, 0.1) is 12.8 Å². The summed E-state index contributed by atoms with van der Waals surface area (Å²) in [6.07, 6.45) is 1.59. The van der Waals surface area contributed by atoms with Crippen molar-refractivity contribution >= 4 is 5.91 Å². The number of ether oxygens (including phenoxy) is 2. The predicted molar refractivity (Wildman–Crippen MR) is 93.6 cm³/mol. The fourth-order valence-corrected chi connectivity index (χ4v) is 2.21. The van der Waals surface area contributed by atoms with Crippen molar-refractivity contribution in [2.75, 3.05) is 13.7 Å². The van der Waals surface area contributed by atoms with E-state index in [0.717, 1.165) is 11.5 Å². The topological polar surface area (TPSA) is 51.9 Å². The van der Waals surface area contributed by atoms with E-state index >= 15 is 0 Å². The Bertz CT molecular complexity index is 782. The first-order valence-electron chi connectivity index (χ1n) is 7.93. The molecule has 0 aliphatic carbocycles. The van der Waals surface area contributed by atoms with Crippen LogP contribution in [0.15, 0.2) is 77.4 Å². The summed E-state index contributed by atoms with van der Waals surface area (Å²) < 4.78 is 16.5. The third-order valence-corrected chi connectivity index (χ3v) is 3.56. The molecule has 25 heavy (non-hydrogen) atoms. The third-order valence-electron chi connectivity index (χ3n) is 3.56. The lowest BCUT2D eigenvalue weighted by Gasteiger charge is -2.16. The standard InChI is InChI=1S/C20H19NO4/c1-21(14-19-8-5-13-23-19)20(22)15-24-16-9-11-18(12-10-16)25-17-6-3-2-4-7-17/h2-13H,14-15H2,1H3. The Kier molecular flexibility index (Phi) is 5.36. The van der Waals surface area contributed by atoms with E-state index in [0.29, 0.717) is 18.0 Å². The molecular weight excluding hydrogens is 318 g/mol. The maximum absolute atomic E-state index is 12.1. The molecule has 0 spiro atoms. The van der Waals surface area contributed by atoms with E-state index in [9.17, 15) is 4.79 Å². The molecule has 0 unspecified atom stereocenters. The molecule has 0 saturated carbocycles. The fraction of sp³-hybridized carbons (Fsp3) is 0.150. The van der Waals surface area contributed by atoms with Crippen LogP contribution in [0, 0.1) is 0 Å². The van der Waals surface area contributed by atoms with E-state index in [2.05, 4.69) is 0 Å². The number of carbonyl (C=O) groups is 1. The second-order valence-corrected chi connectivity index (χ2v) is 5.50. The molecule has 0 radical (unpaired) electrons. The van der Waals surface area contributed by atoms with Gasteiger partial charge in [0.2, 0.25) is 0 Å². The highest BCUT2D eigenvalue weighted by Gasteiger charge is 2.11. The summed E-state index contributed by atoms with van der Waals surface area (Å²) in [5.41, 5.74) is 0. The lowest BCUT2D eigenvalue weighted by atomic mass is 10.3. The van der Waals surface area contributed by atoms with E-state index in [1.165, 1.54) is 0 Å². The Morgan fingerprint density at radius 2 is 1.60 bits per heavy atom. The van der Waals surface area contributed by atoms with Crippen LogP contribution >= 0.6 is 0 Å². The van der Waals surface area contributed by atoms with Crippen molar-refractivity contribution in [1.82, 2.24) is 4.90 Å². The summed E-state index contributed by atoms with van der Waals surface area (Å²) in [6.45, 7) is 0.384. The zero-order valence-corrected chi connectivity index (χ0v) is 13.9. The lowest BCUT2D eigenvalue weighted by molar-refractivity contribution is -0.132. The number of hydrogen-bond donors (Lipinski definition) is 0. The Balaban J connectivity index is 1.49. The van der Waals surface area contributed by atoms with Crippen molar-refractivity contribution in [2.24, 2.45) is 0 Å². The second-order valence-electron chi connectivity index (χ2n) is 5.50. The highest BCUT2D eigenvalue weighted by atomic mass is 16.5. The van der Waals surface area contributed by atoms with Gasteiger partial charge in [0.1, 0.15) is 23.0 Å². The number of hydrogen-bond acceptors (Lipinski definition) is 4. The molecular formula is C20H19NO4. The van der Waals surface area contributed by atoms with Crippen molar-refractivity contribution in [3.63, 3.8) is 0 Å². The van der Waals surface area contributed by atoms with Gasteiger partial charge in [0.15, 0.2) is 6.61 Å². The van der Waals surface area contributed by atoms with E-state index < -0.39 is 0 Å². The number of benzene rings is 2. The Hall–Kier alpha value is -3.21. The zero-order chi connectivity index (χ0) is 17.5. The molecule has 1 heterocycles. The van der Waals surface area contributed by atoms with Crippen LogP contribution in [0.5, 0.6) is 17.2 Å². The summed E-state index contributed by atoms with van der Waals surface area (Å²) >= 11 is 0. The predicted octanol–water partition coefficient (Wildman–Crippen LogP) is 4.11. The molecule has 5 heteroatoms. The van der Waals surface area contributed by atoms with Crippen molar-refractivity contribution < 1.29 is 18.7 Å². The molecule has 3 rings (SSSR count). The Morgan fingerprint density at radius 1 is 0.920 bits per heavy atom. The molecule has 2 aromatic carbocycles. The summed E-state index contributed by atoms with van der Waals surface area (Å²) in [5, 5.41) is 0. The highest BCUT2D eigenvalue weighted by Crippen LogP contribution is 2.23. The number of furan rings is 1. The molecule has 0 fully saturated rings. The molecule has 5 nitrogen and oxygen atoms in total. The number of carbonyl (C=O) groups excluding carboxylic acids is 1. The van der Waals surface area contributed by atoms with Crippen molar-refractivity contribution in [3.8, 4) is 17.2 Å².